The Morgan fingerprint density at radius 3 is 1.12 bits per heavy atom. The zero-order chi connectivity index (χ0) is 42.1. The minimum atomic E-state index is -0.868. The molecule has 0 aromatic carbocycles. The van der Waals surface area contributed by atoms with Gasteiger partial charge in [0.2, 0.25) is 5.91 Å². The van der Waals surface area contributed by atoms with Crippen LogP contribution in [0.2, 0.25) is 0 Å². The fraction of sp³-hybridized carbons (Fsp3) is 0.796. The number of unbranched alkanes of at least 4 members (excludes halogenated alkanes) is 31. The summed E-state index contributed by atoms with van der Waals surface area (Å²) < 4.78 is 0. The summed E-state index contributed by atoms with van der Waals surface area (Å²) in [5.41, 5.74) is 0. The summed E-state index contributed by atoms with van der Waals surface area (Å²) in [4.78, 5) is 12.4. The van der Waals surface area contributed by atoms with Gasteiger partial charge in [-0.2, -0.15) is 0 Å². The topological polar surface area (TPSA) is 69.6 Å². The number of nitrogens with one attached hydrogen (secondary N) is 1. The lowest BCUT2D eigenvalue weighted by atomic mass is 10.0. The summed E-state index contributed by atoms with van der Waals surface area (Å²) in [6.45, 7) is 4.30. The molecule has 0 rings (SSSR count). The third-order valence-corrected chi connectivity index (χ3v) is 11.5. The first-order chi connectivity index (χ1) is 28.7. The van der Waals surface area contributed by atoms with Crippen LogP contribution in [0.1, 0.15) is 258 Å². The highest BCUT2D eigenvalue weighted by atomic mass is 16.3. The normalized spacial score (nSPS) is 13.4. The second-order valence-electron chi connectivity index (χ2n) is 17.2. The zero-order valence-corrected chi connectivity index (χ0v) is 38.8. The molecule has 4 heteroatoms. The molecule has 0 aliphatic heterocycles. The first-order valence-electron chi connectivity index (χ1n) is 25.5. The van der Waals surface area contributed by atoms with E-state index in [0.29, 0.717) is 6.42 Å². The molecule has 1 amide bonds. The molecule has 0 aliphatic rings. The number of allylic oxidation sites excluding steroid dienone is 9. The summed E-state index contributed by atoms with van der Waals surface area (Å²) in [7, 11) is 0. The molecule has 0 spiro atoms. The van der Waals surface area contributed by atoms with E-state index in [9.17, 15) is 15.0 Å². The minimum Gasteiger partial charge on any atom is -0.394 e. The van der Waals surface area contributed by atoms with Crippen molar-refractivity contribution in [2.45, 2.75) is 270 Å². The van der Waals surface area contributed by atoms with Crippen molar-refractivity contribution in [3.8, 4) is 0 Å². The molecule has 0 saturated heterocycles. The Morgan fingerprint density at radius 2 is 0.724 bits per heavy atom. The first-order valence-corrected chi connectivity index (χ1v) is 25.5. The van der Waals surface area contributed by atoms with Gasteiger partial charge >= 0.3 is 0 Å². The lowest BCUT2D eigenvalue weighted by Crippen LogP contribution is -2.45. The largest absolute Gasteiger partial charge is 0.394 e. The maximum absolute atomic E-state index is 12.4. The molecule has 4 nitrogen and oxygen atoms in total. The maximum Gasteiger partial charge on any atom is 0.220 e. The molecule has 0 bridgehead atoms. The quantitative estimate of drug-likeness (QED) is 0.0424. The van der Waals surface area contributed by atoms with E-state index in [0.717, 1.165) is 51.4 Å². The number of aliphatic hydroxyl groups excluding tert-OH is 2. The number of carbonyl (C=O) groups excluding carboxylic acids is 1. The van der Waals surface area contributed by atoms with Crippen LogP contribution >= 0.6 is 0 Å². The Labute approximate surface area is 362 Å². The van der Waals surface area contributed by atoms with E-state index in [-0.39, 0.29) is 12.5 Å². The Morgan fingerprint density at radius 1 is 0.414 bits per heavy atom. The molecule has 2 atom stereocenters. The number of hydrogen-bond acceptors (Lipinski definition) is 3. The standard InChI is InChI=1S/C54H99NO3/c1-3-5-7-9-11-13-15-17-19-21-23-25-27-29-31-33-35-37-39-41-43-45-47-49-53(57)52(51-56)55-54(58)50-48-46-44-42-40-38-36-34-32-30-28-26-24-22-20-18-16-14-12-10-8-6-4-2/h16,18,22,24,28,30,39,41,47,49,52-53,56-57H,3-15,17,19-21,23,25-27,29,31-38,40,42-46,48,50-51H2,1-2H3,(H,55,58)/b18-16-,24-22-,30-28-,41-39+,49-47+. The van der Waals surface area contributed by atoms with Gasteiger partial charge in [-0.15, -0.1) is 0 Å². The van der Waals surface area contributed by atoms with E-state index in [1.807, 2.05) is 6.08 Å². The van der Waals surface area contributed by atoms with E-state index < -0.39 is 12.1 Å². The fourth-order valence-electron chi connectivity index (χ4n) is 7.55. The predicted octanol–water partition coefficient (Wildman–Crippen LogP) is 16.5. The number of carbonyl (C=O) groups is 1. The summed E-state index contributed by atoms with van der Waals surface area (Å²) in [5.74, 6) is -0.0809. The molecule has 0 saturated carbocycles. The molecule has 0 aromatic heterocycles. The molecule has 0 radical (unpaired) electrons. The minimum absolute atomic E-state index is 0.0809. The summed E-state index contributed by atoms with van der Waals surface area (Å²) in [5, 5.41) is 23.1. The summed E-state index contributed by atoms with van der Waals surface area (Å²) in [6.07, 6.45) is 69.2. The van der Waals surface area contributed by atoms with Crippen LogP contribution in [0.25, 0.3) is 0 Å². The first kappa shape index (κ1) is 56.1. The number of aliphatic hydroxyl groups is 2. The van der Waals surface area contributed by atoms with E-state index in [1.54, 1.807) is 6.08 Å². The molecule has 58 heavy (non-hydrogen) atoms. The molecule has 0 fully saturated rings. The summed E-state index contributed by atoms with van der Waals surface area (Å²) in [6, 6.07) is -0.646. The predicted molar refractivity (Wildman–Crippen MR) is 258 cm³/mol. The Hall–Kier alpha value is -1.91. The van der Waals surface area contributed by atoms with Crippen molar-refractivity contribution in [1.29, 1.82) is 0 Å². The highest BCUT2D eigenvalue weighted by Crippen LogP contribution is 2.15. The molecular weight excluding hydrogens is 711 g/mol. The van der Waals surface area contributed by atoms with Gasteiger partial charge < -0.3 is 15.5 Å². The van der Waals surface area contributed by atoms with Gasteiger partial charge in [-0.3, -0.25) is 4.79 Å². The van der Waals surface area contributed by atoms with Gasteiger partial charge in [0.15, 0.2) is 0 Å². The van der Waals surface area contributed by atoms with E-state index in [2.05, 4.69) is 67.8 Å². The van der Waals surface area contributed by atoms with Gasteiger partial charge in [0.05, 0.1) is 18.8 Å². The average Bonchev–Trinajstić information content (AvgIpc) is 3.23. The lowest BCUT2D eigenvalue weighted by Gasteiger charge is -2.19. The molecule has 0 heterocycles. The van der Waals surface area contributed by atoms with E-state index >= 15 is 0 Å². The van der Waals surface area contributed by atoms with Crippen molar-refractivity contribution in [1.82, 2.24) is 5.32 Å². The molecule has 3 N–H and O–H groups in total. The van der Waals surface area contributed by atoms with Crippen molar-refractivity contribution < 1.29 is 15.0 Å². The van der Waals surface area contributed by atoms with E-state index in [1.165, 1.54) is 186 Å². The monoisotopic (exact) mass is 810 g/mol. The maximum atomic E-state index is 12.4. The van der Waals surface area contributed by atoms with Gasteiger partial charge in [-0.1, -0.05) is 242 Å². The van der Waals surface area contributed by atoms with Crippen LogP contribution < -0.4 is 5.32 Å². The van der Waals surface area contributed by atoms with Gasteiger partial charge in [0.25, 0.3) is 0 Å². The Kier molecular flexibility index (Phi) is 47.8. The summed E-state index contributed by atoms with van der Waals surface area (Å²) >= 11 is 0. The SMILES string of the molecule is CCCCCCC/C=C\C/C=C\C/C=C\CCCCCCCCCCC(=O)NC(CO)C(O)/C=C/CC/C=C/CCCCCCCCCCCCCCCCCCC. The molecule has 0 aromatic rings. The van der Waals surface area contributed by atoms with Gasteiger partial charge in [-0.25, -0.2) is 0 Å². The van der Waals surface area contributed by atoms with Crippen molar-refractivity contribution in [2.75, 3.05) is 6.61 Å². The van der Waals surface area contributed by atoms with E-state index in [4.69, 9.17) is 0 Å². The van der Waals surface area contributed by atoms with Gasteiger partial charge in [0.1, 0.15) is 0 Å². The second-order valence-corrected chi connectivity index (χ2v) is 17.2. The van der Waals surface area contributed by atoms with Crippen LogP contribution in [-0.2, 0) is 4.79 Å². The van der Waals surface area contributed by atoms with Crippen molar-refractivity contribution in [3.63, 3.8) is 0 Å². The van der Waals surface area contributed by atoms with Crippen LogP contribution in [0.3, 0.4) is 0 Å². The lowest BCUT2D eigenvalue weighted by molar-refractivity contribution is -0.123. The van der Waals surface area contributed by atoms with Crippen LogP contribution in [0.4, 0.5) is 0 Å². The van der Waals surface area contributed by atoms with Crippen LogP contribution in [0, 0.1) is 0 Å². The zero-order valence-electron chi connectivity index (χ0n) is 38.8. The number of hydrogen-bond donors (Lipinski definition) is 3. The average molecular weight is 810 g/mol. The van der Waals surface area contributed by atoms with Crippen molar-refractivity contribution in [3.05, 3.63) is 60.8 Å². The number of amides is 1. The fourth-order valence-corrected chi connectivity index (χ4v) is 7.55. The third-order valence-electron chi connectivity index (χ3n) is 11.5. The molecule has 338 valence electrons. The number of rotatable bonds is 46. The van der Waals surface area contributed by atoms with Crippen LogP contribution in [0.5, 0.6) is 0 Å². The second kappa shape index (κ2) is 49.5. The van der Waals surface area contributed by atoms with Gasteiger partial charge in [-0.05, 0) is 70.6 Å². The highest BCUT2D eigenvalue weighted by Gasteiger charge is 2.17. The van der Waals surface area contributed by atoms with Gasteiger partial charge in [0, 0.05) is 6.42 Å². The van der Waals surface area contributed by atoms with Crippen molar-refractivity contribution >= 4 is 5.91 Å². The highest BCUT2D eigenvalue weighted by molar-refractivity contribution is 5.76. The Bertz CT molecular complexity index is 965. The Balaban J connectivity index is 3.60. The molecular formula is C54H99NO3. The smallest absolute Gasteiger partial charge is 0.220 e. The van der Waals surface area contributed by atoms with Crippen molar-refractivity contribution in [2.24, 2.45) is 0 Å². The van der Waals surface area contributed by atoms with Crippen LogP contribution in [0.15, 0.2) is 60.8 Å². The third kappa shape index (κ3) is 45.2. The van der Waals surface area contributed by atoms with Crippen LogP contribution in [-0.4, -0.2) is 34.9 Å². The molecule has 2 unspecified atom stereocenters. The molecule has 0 aliphatic carbocycles.